The summed E-state index contributed by atoms with van der Waals surface area (Å²) in [6, 6.07) is 14.6. The SMILES string of the molecule is CC[C@@H](O)c1c(S(=O)(=O)O)ccc(C)c1-n1c(C(C)(C)C)cc2cc(NC(=O)C3(c4ccc5c(c4)OC(F)(F)O5)CC3)ccc21. The van der Waals surface area contributed by atoms with Gasteiger partial charge in [0.25, 0.3) is 10.1 Å². The molecule has 238 valence electrons. The van der Waals surface area contributed by atoms with Crippen molar-refractivity contribution in [3.8, 4) is 17.2 Å². The molecular weight excluding hydrogens is 606 g/mol. The summed E-state index contributed by atoms with van der Waals surface area (Å²) in [6.45, 7) is 9.57. The Bertz CT molecular complexity index is 1970. The molecule has 9 nitrogen and oxygen atoms in total. The number of ether oxygens (including phenoxy) is 2. The molecule has 1 fully saturated rings. The molecule has 1 amide bonds. The van der Waals surface area contributed by atoms with Crippen LogP contribution in [-0.2, 0) is 25.7 Å². The highest BCUT2D eigenvalue weighted by Gasteiger charge is 2.53. The van der Waals surface area contributed by atoms with Gasteiger partial charge in [-0.25, -0.2) is 0 Å². The Kier molecular flexibility index (Phi) is 7.07. The molecule has 3 aromatic carbocycles. The summed E-state index contributed by atoms with van der Waals surface area (Å²) < 4.78 is 73.0. The lowest BCUT2D eigenvalue weighted by molar-refractivity contribution is -0.286. The number of halogens is 2. The Morgan fingerprint density at radius 2 is 1.73 bits per heavy atom. The second-order valence-electron chi connectivity index (χ2n) is 12.8. The minimum Gasteiger partial charge on any atom is -0.395 e. The summed E-state index contributed by atoms with van der Waals surface area (Å²) in [5.41, 5.74) is 2.52. The number of aryl methyl sites for hydroxylation is 1. The van der Waals surface area contributed by atoms with Crippen molar-refractivity contribution in [1.29, 1.82) is 0 Å². The molecule has 45 heavy (non-hydrogen) atoms. The smallest absolute Gasteiger partial charge is 0.395 e. The molecule has 3 N–H and O–H groups in total. The maximum absolute atomic E-state index is 13.6. The van der Waals surface area contributed by atoms with Gasteiger partial charge >= 0.3 is 6.29 Å². The third-order valence-electron chi connectivity index (χ3n) is 8.57. The van der Waals surface area contributed by atoms with Crippen LogP contribution in [0.4, 0.5) is 14.5 Å². The van der Waals surface area contributed by atoms with E-state index in [9.17, 15) is 31.7 Å². The zero-order chi connectivity index (χ0) is 32.7. The zero-order valence-electron chi connectivity index (χ0n) is 25.4. The first-order chi connectivity index (χ1) is 20.9. The van der Waals surface area contributed by atoms with Crippen LogP contribution < -0.4 is 14.8 Å². The van der Waals surface area contributed by atoms with E-state index in [1.54, 1.807) is 25.1 Å². The van der Waals surface area contributed by atoms with Crippen molar-refractivity contribution >= 4 is 32.6 Å². The zero-order valence-corrected chi connectivity index (χ0v) is 26.3. The summed E-state index contributed by atoms with van der Waals surface area (Å²) >= 11 is 0. The predicted molar refractivity (Wildman–Crippen MR) is 164 cm³/mol. The minimum absolute atomic E-state index is 0.0865. The number of hydrogen-bond donors (Lipinski definition) is 3. The number of fused-ring (bicyclic) bond motifs is 2. The fourth-order valence-corrected chi connectivity index (χ4v) is 6.85. The number of aliphatic hydroxyl groups is 1. The van der Waals surface area contributed by atoms with Gasteiger partial charge in [0.05, 0.1) is 22.7 Å². The number of aromatic nitrogens is 1. The second kappa shape index (κ2) is 10.3. The van der Waals surface area contributed by atoms with Crippen LogP contribution in [0.3, 0.4) is 0 Å². The van der Waals surface area contributed by atoms with Gasteiger partial charge in [-0.2, -0.15) is 8.42 Å². The van der Waals surface area contributed by atoms with Gasteiger partial charge in [0.15, 0.2) is 11.5 Å². The number of aliphatic hydroxyl groups excluding tert-OH is 1. The van der Waals surface area contributed by atoms with Crippen LogP contribution in [0.25, 0.3) is 16.6 Å². The number of benzene rings is 3. The Morgan fingerprint density at radius 1 is 1.04 bits per heavy atom. The molecule has 1 saturated carbocycles. The van der Waals surface area contributed by atoms with Gasteiger partial charge in [0.1, 0.15) is 4.90 Å². The highest BCUT2D eigenvalue weighted by Crippen LogP contribution is 2.52. The van der Waals surface area contributed by atoms with Gasteiger partial charge in [-0.3, -0.25) is 9.35 Å². The molecule has 0 unspecified atom stereocenters. The fraction of sp³-hybridized carbons (Fsp3) is 0.364. The number of hydrogen-bond acceptors (Lipinski definition) is 6. The molecule has 12 heteroatoms. The van der Waals surface area contributed by atoms with E-state index in [2.05, 4.69) is 14.8 Å². The number of carbonyl (C=O) groups is 1. The van der Waals surface area contributed by atoms with E-state index in [0.29, 0.717) is 40.9 Å². The molecule has 0 spiro atoms. The number of rotatable bonds is 7. The van der Waals surface area contributed by atoms with Crippen LogP contribution in [0.2, 0.25) is 0 Å². The van der Waals surface area contributed by atoms with Gasteiger partial charge in [-0.1, -0.05) is 39.8 Å². The van der Waals surface area contributed by atoms with E-state index in [-0.39, 0.29) is 34.3 Å². The lowest BCUT2D eigenvalue weighted by Gasteiger charge is -2.27. The first kappa shape index (κ1) is 31.0. The number of nitrogens with one attached hydrogen (secondary N) is 1. The lowest BCUT2D eigenvalue weighted by Crippen LogP contribution is -2.27. The van der Waals surface area contributed by atoms with Crippen LogP contribution in [-0.4, -0.2) is 34.8 Å². The van der Waals surface area contributed by atoms with Crippen LogP contribution in [0.15, 0.2) is 59.5 Å². The molecule has 6 rings (SSSR count). The van der Waals surface area contributed by atoms with Crippen molar-refractivity contribution in [2.75, 3.05) is 5.32 Å². The Labute approximate surface area is 259 Å². The molecule has 1 aliphatic heterocycles. The number of carbonyl (C=O) groups excluding carboxylic acids is 1. The minimum atomic E-state index is -4.65. The van der Waals surface area contributed by atoms with E-state index in [1.165, 1.54) is 18.2 Å². The van der Waals surface area contributed by atoms with Gasteiger partial charge in [0.2, 0.25) is 5.91 Å². The van der Waals surface area contributed by atoms with Crippen molar-refractivity contribution < 1.29 is 41.1 Å². The third kappa shape index (κ3) is 5.34. The summed E-state index contributed by atoms with van der Waals surface area (Å²) in [5.74, 6) is -0.487. The van der Waals surface area contributed by atoms with Crippen LogP contribution in [0.5, 0.6) is 11.5 Å². The molecular formula is C33H34F2N2O7S. The van der Waals surface area contributed by atoms with Crippen molar-refractivity contribution in [2.45, 2.75) is 82.0 Å². The second-order valence-corrected chi connectivity index (χ2v) is 14.2. The van der Waals surface area contributed by atoms with E-state index in [4.69, 9.17) is 0 Å². The molecule has 1 atom stereocenters. The normalized spacial score (nSPS) is 17.4. The number of anilines is 1. The van der Waals surface area contributed by atoms with Crippen molar-refractivity contribution in [3.63, 3.8) is 0 Å². The molecule has 0 radical (unpaired) electrons. The summed E-state index contributed by atoms with van der Waals surface area (Å²) in [6.07, 6.45) is -3.63. The largest absolute Gasteiger partial charge is 0.586 e. The maximum Gasteiger partial charge on any atom is 0.586 e. The quantitative estimate of drug-likeness (QED) is 0.187. The first-order valence-corrected chi connectivity index (χ1v) is 16.1. The standard InChI is InChI=1S/C33H34F2N2O7S/c1-6-23(38)28-26(45(40,41)42)12-7-18(2)29(28)37-22-10-9-21(15-19(22)16-27(37)31(3,4)5)36-30(39)32(13-14-32)20-8-11-24-25(17-20)44-33(34,35)43-24/h7-12,15-17,23,38H,6,13-14H2,1-5H3,(H,36,39)(H,40,41,42)/t23-/m1/s1. The third-order valence-corrected chi connectivity index (χ3v) is 9.48. The van der Waals surface area contributed by atoms with Crippen molar-refractivity contribution in [1.82, 2.24) is 4.57 Å². The van der Waals surface area contributed by atoms with E-state index in [0.717, 1.165) is 11.1 Å². The summed E-state index contributed by atoms with van der Waals surface area (Å²) in [4.78, 5) is 13.2. The van der Waals surface area contributed by atoms with Crippen LogP contribution in [0.1, 0.15) is 75.4 Å². The van der Waals surface area contributed by atoms with E-state index >= 15 is 0 Å². The predicted octanol–water partition coefficient (Wildman–Crippen LogP) is 6.92. The number of alkyl halides is 2. The summed E-state index contributed by atoms with van der Waals surface area (Å²) in [7, 11) is -4.65. The highest BCUT2D eigenvalue weighted by molar-refractivity contribution is 7.85. The Morgan fingerprint density at radius 3 is 2.36 bits per heavy atom. The van der Waals surface area contributed by atoms with Crippen LogP contribution in [0, 0.1) is 6.92 Å². The lowest BCUT2D eigenvalue weighted by atomic mass is 9.91. The van der Waals surface area contributed by atoms with Gasteiger partial charge in [-0.15, -0.1) is 8.78 Å². The summed E-state index contributed by atoms with van der Waals surface area (Å²) in [5, 5.41) is 14.8. The van der Waals surface area contributed by atoms with E-state index in [1.807, 2.05) is 50.5 Å². The Balaban J connectivity index is 1.42. The maximum atomic E-state index is 13.6. The number of nitrogens with zero attached hydrogens (tertiary/aromatic N) is 1. The average Bonchev–Trinajstić information content (AvgIpc) is 3.57. The molecule has 2 heterocycles. The van der Waals surface area contributed by atoms with Crippen LogP contribution >= 0.6 is 0 Å². The van der Waals surface area contributed by atoms with Crippen molar-refractivity contribution in [2.24, 2.45) is 0 Å². The Hall–Kier alpha value is -4.00. The molecule has 0 saturated heterocycles. The molecule has 4 aromatic rings. The monoisotopic (exact) mass is 640 g/mol. The van der Waals surface area contributed by atoms with Crippen molar-refractivity contribution in [3.05, 3.63) is 77.0 Å². The average molecular weight is 641 g/mol. The number of amides is 1. The van der Waals surface area contributed by atoms with E-state index < -0.39 is 33.3 Å². The fourth-order valence-electron chi connectivity index (χ4n) is 6.10. The topological polar surface area (TPSA) is 127 Å². The van der Waals surface area contributed by atoms with Gasteiger partial charge in [-0.05, 0) is 79.8 Å². The molecule has 2 aliphatic rings. The molecule has 1 aromatic heterocycles. The van der Waals surface area contributed by atoms with Gasteiger partial charge in [0, 0.05) is 27.7 Å². The molecule has 0 bridgehead atoms. The van der Waals surface area contributed by atoms with Gasteiger partial charge < -0.3 is 24.5 Å². The molecule has 1 aliphatic carbocycles. The first-order valence-electron chi connectivity index (χ1n) is 14.6. The highest BCUT2D eigenvalue weighted by atomic mass is 32.2.